The summed E-state index contributed by atoms with van der Waals surface area (Å²) < 4.78 is 26.8. The second kappa shape index (κ2) is 6.22. The Morgan fingerprint density at radius 2 is 1.80 bits per heavy atom. The second-order valence-corrected chi connectivity index (χ2v) is 5.66. The molecular weight excluding hydrogens is 278 g/mol. The van der Waals surface area contributed by atoms with Gasteiger partial charge in [-0.25, -0.2) is 13.8 Å². The molecule has 1 aromatic heterocycles. The van der Waals surface area contributed by atoms with E-state index >= 15 is 0 Å². The van der Waals surface area contributed by atoms with Gasteiger partial charge in [-0.3, -0.25) is 0 Å². The van der Waals surface area contributed by atoms with Crippen molar-refractivity contribution >= 4 is 12.2 Å². The Balaban J connectivity index is 2.28. The lowest BCUT2D eigenvalue weighted by atomic mass is 10.1. The summed E-state index contributed by atoms with van der Waals surface area (Å²) in [5.74, 6) is -0.0606. The molecule has 0 atom stereocenters. The molecule has 0 bridgehead atoms. The second-order valence-electron chi connectivity index (χ2n) is 5.24. The van der Waals surface area contributed by atoms with Crippen LogP contribution in [0.2, 0.25) is 0 Å². The number of rotatable bonds is 4. The van der Waals surface area contributed by atoms with E-state index in [0.717, 1.165) is 18.2 Å². The van der Waals surface area contributed by atoms with Crippen molar-refractivity contribution in [1.82, 2.24) is 9.97 Å². The van der Waals surface area contributed by atoms with E-state index in [1.165, 1.54) is 12.1 Å². The van der Waals surface area contributed by atoms with Crippen LogP contribution in [-0.2, 0) is 12.8 Å². The van der Waals surface area contributed by atoms with Crippen molar-refractivity contribution in [3.05, 3.63) is 57.6 Å². The molecule has 0 saturated heterocycles. The van der Waals surface area contributed by atoms with E-state index in [9.17, 15) is 8.78 Å². The highest BCUT2D eigenvalue weighted by Crippen LogP contribution is 2.12. The zero-order chi connectivity index (χ0) is 14.7. The summed E-state index contributed by atoms with van der Waals surface area (Å²) in [6.07, 6.45) is 1.18. The maximum Gasteiger partial charge on any atom is 0.130 e. The Kier molecular flexibility index (Phi) is 4.60. The Labute approximate surface area is 121 Å². The first-order valence-electron chi connectivity index (χ1n) is 6.46. The van der Waals surface area contributed by atoms with Crippen molar-refractivity contribution in [2.45, 2.75) is 26.7 Å². The van der Waals surface area contributed by atoms with Crippen LogP contribution in [0.1, 0.15) is 30.9 Å². The monoisotopic (exact) mass is 294 g/mol. The van der Waals surface area contributed by atoms with Gasteiger partial charge < -0.3 is 4.98 Å². The minimum Gasteiger partial charge on any atom is -0.347 e. The normalized spacial score (nSPS) is 11.1. The first kappa shape index (κ1) is 14.8. The lowest BCUT2D eigenvalue weighted by Crippen LogP contribution is -2.04. The van der Waals surface area contributed by atoms with Crippen LogP contribution in [0.15, 0.2) is 24.3 Å². The Morgan fingerprint density at radius 1 is 1.15 bits per heavy atom. The molecule has 0 spiro atoms. The van der Waals surface area contributed by atoms with Crippen molar-refractivity contribution in [1.29, 1.82) is 0 Å². The molecule has 0 aliphatic rings. The lowest BCUT2D eigenvalue weighted by Gasteiger charge is -2.08. The molecule has 2 rings (SSSR count). The summed E-state index contributed by atoms with van der Waals surface area (Å²) in [6, 6.07) is 5.28. The van der Waals surface area contributed by atoms with Gasteiger partial charge in [-0.2, -0.15) is 0 Å². The molecule has 0 fully saturated rings. The molecule has 106 valence electrons. The zero-order valence-corrected chi connectivity index (χ0v) is 12.2. The predicted octanol–water partition coefficient (Wildman–Crippen LogP) is 4.21. The quantitative estimate of drug-likeness (QED) is 0.856. The molecule has 2 nitrogen and oxygen atoms in total. The van der Waals surface area contributed by atoms with Crippen LogP contribution in [0.3, 0.4) is 0 Å². The van der Waals surface area contributed by atoms with E-state index in [1.807, 2.05) is 6.07 Å². The van der Waals surface area contributed by atoms with E-state index < -0.39 is 11.6 Å². The molecule has 20 heavy (non-hydrogen) atoms. The minimum absolute atomic E-state index is 0.324. The third-order valence-corrected chi connectivity index (χ3v) is 2.98. The summed E-state index contributed by atoms with van der Waals surface area (Å²) in [5, 5.41) is 0. The molecule has 1 aromatic carbocycles. The fraction of sp³-hybridized carbons (Fsp3) is 0.333. The number of nitrogens with one attached hydrogen (secondary N) is 1. The summed E-state index contributed by atoms with van der Waals surface area (Å²) in [4.78, 5) is 7.39. The van der Waals surface area contributed by atoms with Gasteiger partial charge in [0.2, 0.25) is 0 Å². The highest BCUT2D eigenvalue weighted by Gasteiger charge is 2.06. The van der Waals surface area contributed by atoms with Crippen molar-refractivity contribution < 1.29 is 8.78 Å². The van der Waals surface area contributed by atoms with Gasteiger partial charge in [-0.05, 0) is 36.1 Å². The molecule has 0 unspecified atom stereocenters. The van der Waals surface area contributed by atoms with Crippen LogP contribution in [0.4, 0.5) is 8.78 Å². The van der Waals surface area contributed by atoms with Gasteiger partial charge in [0.25, 0.3) is 0 Å². The Hall–Kier alpha value is -1.62. The van der Waals surface area contributed by atoms with Crippen molar-refractivity contribution in [2.24, 2.45) is 5.92 Å². The minimum atomic E-state index is -0.586. The molecule has 1 N–H and O–H groups in total. The molecule has 2 aromatic rings. The Bertz CT molecular complexity index is 645. The maximum absolute atomic E-state index is 13.2. The van der Waals surface area contributed by atoms with Crippen molar-refractivity contribution in [2.75, 3.05) is 0 Å². The number of nitrogens with zero attached hydrogens (tertiary/aromatic N) is 1. The first-order chi connectivity index (χ1) is 9.42. The molecule has 0 saturated carbocycles. The van der Waals surface area contributed by atoms with Crippen molar-refractivity contribution in [3.63, 3.8) is 0 Å². The molecule has 1 heterocycles. The summed E-state index contributed by atoms with van der Waals surface area (Å²) in [7, 11) is 0. The smallest absolute Gasteiger partial charge is 0.130 e. The fourth-order valence-corrected chi connectivity index (χ4v) is 2.36. The van der Waals surface area contributed by atoms with Crippen LogP contribution in [0, 0.1) is 22.2 Å². The van der Waals surface area contributed by atoms with Crippen LogP contribution < -0.4 is 0 Å². The van der Waals surface area contributed by atoms with E-state index in [2.05, 4.69) is 23.8 Å². The SMILES string of the molecule is CC(C)Cc1cc(=S)nc(Cc2cc(F)cc(F)c2)[nH]1. The summed E-state index contributed by atoms with van der Waals surface area (Å²) in [5.41, 5.74) is 1.52. The van der Waals surface area contributed by atoms with Crippen molar-refractivity contribution in [3.8, 4) is 0 Å². The molecule has 0 aliphatic heterocycles. The molecule has 5 heteroatoms. The van der Waals surface area contributed by atoms with Crippen LogP contribution in [0.5, 0.6) is 0 Å². The van der Waals surface area contributed by atoms with E-state index in [4.69, 9.17) is 12.2 Å². The average Bonchev–Trinajstić information content (AvgIpc) is 2.24. The standard InChI is InChI=1S/C15H16F2N2S/c1-9(2)3-13-8-15(20)19-14(18-13)6-10-4-11(16)7-12(17)5-10/h4-5,7-9H,3,6H2,1-2H3,(H,18,19,20). The molecule has 0 radical (unpaired) electrons. The van der Waals surface area contributed by atoms with E-state index in [-0.39, 0.29) is 0 Å². The van der Waals surface area contributed by atoms with Gasteiger partial charge in [0.05, 0.1) is 0 Å². The van der Waals surface area contributed by atoms with Gasteiger partial charge in [0, 0.05) is 18.2 Å². The number of hydrogen-bond donors (Lipinski definition) is 1. The lowest BCUT2D eigenvalue weighted by molar-refractivity contribution is 0.580. The van der Waals surface area contributed by atoms with Gasteiger partial charge in [0.1, 0.15) is 22.1 Å². The summed E-state index contributed by atoms with van der Waals surface area (Å²) in [6.45, 7) is 4.22. The van der Waals surface area contributed by atoms with Crippen LogP contribution in [-0.4, -0.2) is 9.97 Å². The summed E-state index contributed by atoms with van der Waals surface area (Å²) >= 11 is 5.13. The van der Waals surface area contributed by atoms with E-state index in [1.54, 1.807) is 0 Å². The van der Waals surface area contributed by atoms with Crippen LogP contribution >= 0.6 is 12.2 Å². The number of H-pyrrole nitrogens is 1. The number of aromatic amines is 1. The number of benzene rings is 1. The molecule has 0 amide bonds. The van der Waals surface area contributed by atoms with Crippen LogP contribution in [0.25, 0.3) is 0 Å². The van der Waals surface area contributed by atoms with Gasteiger partial charge in [-0.15, -0.1) is 0 Å². The first-order valence-corrected chi connectivity index (χ1v) is 6.87. The highest BCUT2D eigenvalue weighted by molar-refractivity contribution is 7.71. The van der Waals surface area contributed by atoms with Gasteiger partial charge >= 0.3 is 0 Å². The molecular formula is C15H16F2N2S. The maximum atomic E-state index is 13.2. The largest absolute Gasteiger partial charge is 0.347 e. The number of halogens is 2. The topological polar surface area (TPSA) is 28.7 Å². The fourth-order valence-electron chi connectivity index (χ4n) is 2.10. The predicted molar refractivity (Wildman–Crippen MR) is 77.1 cm³/mol. The number of aromatic nitrogens is 2. The van der Waals surface area contributed by atoms with E-state index in [0.29, 0.717) is 28.4 Å². The Morgan fingerprint density at radius 3 is 2.40 bits per heavy atom. The van der Waals surface area contributed by atoms with Gasteiger partial charge in [-0.1, -0.05) is 26.1 Å². The average molecular weight is 294 g/mol. The molecule has 0 aliphatic carbocycles. The zero-order valence-electron chi connectivity index (χ0n) is 11.4. The van der Waals surface area contributed by atoms with Gasteiger partial charge in [0.15, 0.2) is 0 Å². The third kappa shape index (κ3) is 4.20. The highest BCUT2D eigenvalue weighted by atomic mass is 32.1. The third-order valence-electron chi connectivity index (χ3n) is 2.77. The number of hydrogen-bond acceptors (Lipinski definition) is 2.